The van der Waals surface area contributed by atoms with Gasteiger partial charge in [-0.15, -0.1) is 0 Å². The van der Waals surface area contributed by atoms with Crippen molar-refractivity contribution in [3.8, 4) is 0 Å². The molecule has 1 atom stereocenters. The third-order valence-corrected chi connectivity index (χ3v) is 4.97. The summed E-state index contributed by atoms with van der Waals surface area (Å²) < 4.78 is 0. The average Bonchev–Trinajstić information content (AvgIpc) is 3.14. The van der Waals surface area contributed by atoms with E-state index in [1.807, 2.05) is 18.2 Å². The van der Waals surface area contributed by atoms with Crippen LogP contribution in [-0.4, -0.2) is 30.2 Å². The Morgan fingerprint density at radius 2 is 2.09 bits per heavy atom. The van der Waals surface area contributed by atoms with Crippen LogP contribution in [-0.2, 0) is 9.59 Å². The van der Waals surface area contributed by atoms with Crippen LogP contribution >= 0.6 is 0 Å². The topological polar surface area (TPSA) is 66.5 Å². The number of fused-ring (bicyclic) bond motifs is 1. The minimum absolute atomic E-state index is 0.0282. The minimum Gasteiger partial charge on any atom is -0.353 e. The second-order valence-corrected chi connectivity index (χ2v) is 6.79. The standard InChI is InChI=1S/C18H20N2O3/c21-16-8-11(9-17(22)19-12-3-4-12)14-6-5-13(10-15(14)16)20-7-1-2-18(20)23/h5-6,10-12H,1-4,7-9H2,(H,19,22). The summed E-state index contributed by atoms with van der Waals surface area (Å²) in [5.41, 5.74) is 2.45. The van der Waals surface area contributed by atoms with E-state index < -0.39 is 0 Å². The van der Waals surface area contributed by atoms with Crippen molar-refractivity contribution in [1.82, 2.24) is 5.32 Å². The van der Waals surface area contributed by atoms with Crippen LogP contribution in [0.25, 0.3) is 0 Å². The maximum absolute atomic E-state index is 12.3. The van der Waals surface area contributed by atoms with Crippen molar-refractivity contribution in [2.75, 3.05) is 11.4 Å². The van der Waals surface area contributed by atoms with Crippen molar-refractivity contribution in [3.63, 3.8) is 0 Å². The summed E-state index contributed by atoms with van der Waals surface area (Å²) in [5.74, 6) is 0.213. The average molecular weight is 312 g/mol. The molecular formula is C18H20N2O3. The lowest BCUT2D eigenvalue weighted by atomic mass is 9.97. The van der Waals surface area contributed by atoms with E-state index in [4.69, 9.17) is 0 Å². The molecule has 1 saturated heterocycles. The molecular weight excluding hydrogens is 292 g/mol. The smallest absolute Gasteiger partial charge is 0.227 e. The number of anilines is 1. The maximum Gasteiger partial charge on any atom is 0.227 e. The van der Waals surface area contributed by atoms with E-state index >= 15 is 0 Å². The van der Waals surface area contributed by atoms with Gasteiger partial charge < -0.3 is 10.2 Å². The molecule has 4 rings (SSSR count). The number of Topliss-reactive ketones (excluding diaryl/α,β-unsaturated/α-hetero) is 1. The lowest BCUT2D eigenvalue weighted by Gasteiger charge is -2.17. The van der Waals surface area contributed by atoms with Gasteiger partial charge in [-0.3, -0.25) is 14.4 Å². The molecule has 1 heterocycles. The van der Waals surface area contributed by atoms with Crippen molar-refractivity contribution in [2.45, 2.75) is 50.5 Å². The van der Waals surface area contributed by atoms with Gasteiger partial charge in [-0.25, -0.2) is 0 Å². The summed E-state index contributed by atoms with van der Waals surface area (Å²) in [7, 11) is 0. The fourth-order valence-corrected chi connectivity index (χ4v) is 3.59. The second kappa shape index (κ2) is 5.48. The van der Waals surface area contributed by atoms with Gasteiger partial charge in [-0.05, 0) is 37.0 Å². The predicted octanol–water partition coefficient (Wildman–Crippen LogP) is 2.15. The van der Waals surface area contributed by atoms with E-state index in [2.05, 4.69) is 5.32 Å². The van der Waals surface area contributed by atoms with Crippen LogP contribution in [0.3, 0.4) is 0 Å². The van der Waals surface area contributed by atoms with Crippen LogP contribution in [0.4, 0.5) is 5.69 Å². The van der Waals surface area contributed by atoms with Crippen molar-refractivity contribution < 1.29 is 14.4 Å². The van der Waals surface area contributed by atoms with Gasteiger partial charge in [-0.1, -0.05) is 6.07 Å². The SMILES string of the molecule is O=C(CC1CC(=O)c2cc(N3CCCC3=O)ccc21)NC1CC1. The van der Waals surface area contributed by atoms with Gasteiger partial charge in [0.25, 0.3) is 0 Å². The molecule has 3 aliphatic rings. The van der Waals surface area contributed by atoms with Crippen LogP contribution in [0.1, 0.15) is 60.4 Å². The Morgan fingerprint density at radius 3 is 2.78 bits per heavy atom. The molecule has 1 aromatic rings. The van der Waals surface area contributed by atoms with Crippen molar-refractivity contribution in [1.29, 1.82) is 0 Å². The van der Waals surface area contributed by atoms with Gasteiger partial charge in [0, 0.05) is 49.0 Å². The van der Waals surface area contributed by atoms with Gasteiger partial charge in [0.15, 0.2) is 5.78 Å². The summed E-state index contributed by atoms with van der Waals surface area (Å²) in [6.45, 7) is 0.721. The zero-order valence-corrected chi connectivity index (χ0v) is 13.0. The first-order valence-electron chi connectivity index (χ1n) is 8.38. The van der Waals surface area contributed by atoms with E-state index in [9.17, 15) is 14.4 Å². The summed E-state index contributed by atoms with van der Waals surface area (Å²) in [6.07, 6.45) is 4.35. The Kier molecular flexibility index (Phi) is 3.43. The third kappa shape index (κ3) is 2.76. The first-order chi connectivity index (χ1) is 11.1. The van der Waals surface area contributed by atoms with Crippen LogP contribution in [0.5, 0.6) is 0 Å². The van der Waals surface area contributed by atoms with E-state index in [1.54, 1.807) is 4.90 Å². The molecule has 0 spiro atoms. The quantitative estimate of drug-likeness (QED) is 0.926. The molecule has 23 heavy (non-hydrogen) atoms. The molecule has 1 N–H and O–H groups in total. The Balaban J connectivity index is 1.54. The Morgan fingerprint density at radius 1 is 1.26 bits per heavy atom. The van der Waals surface area contributed by atoms with Crippen molar-refractivity contribution in [2.24, 2.45) is 0 Å². The second-order valence-electron chi connectivity index (χ2n) is 6.79. The maximum atomic E-state index is 12.3. The van der Waals surface area contributed by atoms with E-state index in [1.165, 1.54) is 0 Å². The number of nitrogens with one attached hydrogen (secondary N) is 1. The molecule has 0 bridgehead atoms. The minimum atomic E-state index is -0.0282. The number of nitrogens with zero attached hydrogens (tertiary/aromatic N) is 1. The van der Waals surface area contributed by atoms with Gasteiger partial charge in [0.2, 0.25) is 11.8 Å². The first-order valence-corrected chi connectivity index (χ1v) is 8.38. The van der Waals surface area contributed by atoms with E-state index in [-0.39, 0.29) is 23.5 Å². The van der Waals surface area contributed by atoms with Crippen LogP contribution < -0.4 is 10.2 Å². The number of ketones is 1. The number of hydrogen-bond donors (Lipinski definition) is 1. The molecule has 1 aromatic carbocycles. The number of hydrogen-bond acceptors (Lipinski definition) is 3. The Labute approximate surface area is 135 Å². The molecule has 1 saturated carbocycles. The first kappa shape index (κ1) is 14.4. The highest BCUT2D eigenvalue weighted by Crippen LogP contribution is 2.38. The van der Waals surface area contributed by atoms with Crippen LogP contribution in [0.15, 0.2) is 18.2 Å². The summed E-state index contributed by atoms with van der Waals surface area (Å²) in [6, 6.07) is 6.02. The highest BCUT2D eigenvalue weighted by Gasteiger charge is 2.33. The van der Waals surface area contributed by atoms with Gasteiger partial charge >= 0.3 is 0 Å². The predicted molar refractivity (Wildman–Crippen MR) is 85.5 cm³/mol. The normalized spacial score (nSPS) is 23.3. The largest absolute Gasteiger partial charge is 0.353 e. The van der Waals surface area contributed by atoms with Crippen LogP contribution in [0, 0.1) is 0 Å². The van der Waals surface area contributed by atoms with E-state index in [0.717, 1.165) is 37.1 Å². The monoisotopic (exact) mass is 312 g/mol. The highest BCUT2D eigenvalue weighted by atomic mass is 16.2. The van der Waals surface area contributed by atoms with Crippen LogP contribution in [0.2, 0.25) is 0 Å². The Bertz CT molecular complexity index is 694. The number of carbonyl (C=O) groups excluding carboxylic acids is 3. The van der Waals surface area contributed by atoms with Gasteiger partial charge in [-0.2, -0.15) is 0 Å². The fraction of sp³-hybridized carbons (Fsp3) is 0.500. The molecule has 2 amide bonds. The molecule has 0 aromatic heterocycles. The molecule has 120 valence electrons. The zero-order valence-electron chi connectivity index (χ0n) is 13.0. The number of rotatable bonds is 4. The number of benzene rings is 1. The zero-order chi connectivity index (χ0) is 16.0. The number of carbonyl (C=O) groups is 3. The molecule has 1 unspecified atom stereocenters. The van der Waals surface area contributed by atoms with Gasteiger partial charge in [0.05, 0.1) is 0 Å². The third-order valence-electron chi connectivity index (χ3n) is 4.97. The lowest BCUT2D eigenvalue weighted by Crippen LogP contribution is -2.26. The Hall–Kier alpha value is -2.17. The molecule has 5 heteroatoms. The molecule has 2 aliphatic carbocycles. The van der Waals surface area contributed by atoms with Crippen molar-refractivity contribution >= 4 is 23.3 Å². The highest BCUT2D eigenvalue weighted by molar-refractivity contribution is 6.04. The molecule has 0 radical (unpaired) electrons. The molecule has 1 aliphatic heterocycles. The lowest BCUT2D eigenvalue weighted by molar-refractivity contribution is -0.121. The van der Waals surface area contributed by atoms with Crippen molar-refractivity contribution in [3.05, 3.63) is 29.3 Å². The summed E-state index contributed by atoms with van der Waals surface area (Å²) in [5, 5.41) is 2.99. The summed E-state index contributed by atoms with van der Waals surface area (Å²) in [4.78, 5) is 37.9. The van der Waals surface area contributed by atoms with Gasteiger partial charge in [0.1, 0.15) is 0 Å². The van der Waals surface area contributed by atoms with E-state index in [0.29, 0.717) is 30.9 Å². The number of amides is 2. The fourth-order valence-electron chi connectivity index (χ4n) is 3.59. The molecule has 5 nitrogen and oxygen atoms in total. The molecule has 2 fully saturated rings. The summed E-state index contributed by atoms with van der Waals surface area (Å²) >= 11 is 0.